The maximum absolute atomic E-state index is 11.5. The van der Waals surface area contributed by atoms with E-state index in [1.807, 2.05) is 13.8 Å². The van der Waals surface area contributed by atoms with Gasteiger partial charge in [-0.15, -0.1) is 0 Å². The van der Waals surface area contributed by atoms with E-state index in [0.717, 1.165) is 0 Å². The van der Waals surface area contributed by atoms with E-state index >= 15 is 0 Å². The molecule has 0 aromatic carbocycles. The lowest BCUT2D eigenvalue weighted by molar-refractivity contribution is 0.0598. The number of pyridine rings is 1. The van der Waals surface area contributed by atoms with Crippen LogP contribution in [-0.4, -0.2) is 35.8 Å². The smallest absolute Gasteiger partial charge is 0.339 e. The van der Waals surface area contributed by atoms with Crippen molar-refractivity contribution < 1.29 is 14.6 Å². The lowest BCUT2D eigenvalue weighted by atomic mass is 10.1. The third-order valence-corrected chi connectivity index (χ3v) is 2.83. The van der Waals surface area contributed by atoms with Crippen LogP contribution in [0.15, 0.2) is 18.3 Å². The highest BCUT2D eigenvalue weighted by Gasteiger charge is 2.15. The van der Waals surface area contributed by atoms with Crippen molar-refractivity contribution in [2.24, 2.45) is 5.92 Å². The lowest BCUT2D eigenvalue weighted by Gasteiger charge is -2.20. The summed E-state index contributed by atoms with van der Waals surface area (Å²) in [5, 5.41) is 12.4. The summed E-state index contributed by atoms with van der Waals surface area (Å²) in [5.41, 5.74) is 1.08. The predicted octanol–water partition coefficient (Wildman–Crippen LogP) is 0.975. The number of nitrogens with one attached hydrogen (secondary N) is 1. The van der Waals surface area contributed by atoms with Crippen LogP contribution in [0.2, 0.25) is 0 Å². The van der Waals surface area contributed by atoms with Gasteiger partial charge in [0.15, 0.2) is 0 Å². The van der Waals surface area contributed by atoms with Gasteiger partial charge in [0.05, 0.1) is 25.0 Å². The molecule has 5 heteroatoms. The van der Waals surface area contributed by atoms with Gasteiger partial charge in [0.2, 0.25) is 0 Å². The van der Waals surface area contributed by atoms with Crippen molar-refractivity contribution in [3.05, 3.63) is 29.6 Å². The number of aromatic nitrogens is 1. The standard InChI is InChI=1S/C13H20N2O3/c1-9(2)12(8-16)15-7-11-10(13(17)18-3)5-4-6-14-11/h4-6,9,12,15-16H,7-8H2,1-3H3. The van der Waals surface area contributed by atoms with Gasteiger partial charge in [-0.05, 0) is 18.1 Å². The fourth-order valence-corrected chi connectivity index (χ4v) is 1.61. The maximum atomic E-state index is 11.5. The summed E-state index contributed by atoms with van der Waals surface area (Å²) in [4.78, 5) is 15.7. The van der Waals surface area contributed by atoms with Crippen LogP contribution in [0.4, 0.5) is 0 Å². The average molecular weight is 252 g/mol. The highest BCUT2D eigenvalue weighted by atomic mass is 16.5. The van der Waals surface area contributed by atoms with Crippen molar-refractivity contribution in [3.63, 3.8) is 0 Å². The Morgan fingerprint density at radius 3 is 2.83 bits per heavy atom. The van der Waals surface area contributed by atoms with Crippen LogP contribution in [0.5, 0.6) is 0 Å². The van der Waals surface area contributed by atoms with Crippen LogP contribution in [0, 0.1) is 5.92 Å². The van der Waals surface area contributed by atoms with Gasteiger partial charge in [0, 0.05) is 18.8 Å². The van der Waals surface area contributed by atoms with Crippen molar-refractivity contribution >= 4 is 5.97 Å². The molecule has 0 saturated carbocycles. The second-order valence-corrected chi connectivity index (χ2v) is 4.40. The minimum atomic E-state index is -0.398. The molecule has 2 N–H and O–H groups in total. The third kappa shape index (κ3) is 3.78. The molecule has 1 rings (SSSR count). The molecule has 5 nitrogen and oxygen atoms in total. The SMILES string of the molecule is COC(=O)c1cccnc1CNC(CO)C(C)C. The Labute approximate surface area is 107 Å². The molecule has 1 unspecified atom stereocenters. The first-order valence-electron chi connectivity index (χ1n) is 5.96. The zero-order chi connectivity index (χ0) is 13.5. The first-order valence-corrected chi connectivity index (χ1v) is 5.96. The Kier molecular flexibility index (Phi) is 5.74. The summed E-state index contributed by atoms with van der Waals surface area (Å²) in [5.74, 6) is -0.0923. The second-order valence-electron chi connectivity index (χ2n) is 4.40. The number of rotatable bonds is 6. The summed E-state index contributed by atoms with van der Waals surface area (Å²) in [6, 6.07) is 3.36. The Balaban J connectivity index is 2.75. The number of hydrogen-bond donors (Lipinski definition) is 2. The predicted molar refractivity (Wildman–Crippen MR) is 68.1 cm³/mol. The van der Waals surface area contributed by atoms with E-state index in [-0.39, 0.29) is 12.6 Å². The van der Waals surface area contributed by atoms with Crippen molar-refractivity contribution in [2.45, 2.75) is 26.4 Å². The van der Waals surface area contributed by atoms with Crippen LogP contribution in [-0.2, 0) is 11.3 Å². The monoisotopic (exact) mass is 252 g/mol. The van der Waals surface area contributed by atoms with Gasteiger partial charge in [0.1, 0.15) is 0 Å². The molecule has 0 amide bonds. The highest BCUT2D eigenvalue weighted by Crippen LogP contribution is 2.08. The maximum Gasteiger partial charge on any atom is 0.339 e. The fraction of sp³-hybridized carbons (Fsp3) is 0.538. The van der Waals surface area contributed by atoms with Crippen LogP contribution < -0.4 is 5.32 Å². The number of nitrogens with zero attached hydrogens (tertiary/aromatic N) is 1. The van der Waals surface area contributed by atoms with E-state index in [0.29, 0.717) is 23.7 Å². The molecule has 0 spiro atoms. The van der Waals surface area contributed by atoms with Gasteiger partial charge in [-0.25, -0.2) is 4.79 Å². The largest absolute Gasteiger partial charge is 0.465 e. The Hall–Kier alpha value is -1.46. The molecule has 0 aliphatic rings. The Bertz CT molecular complexity index is 394. The Morgan fingerprint density at radius 1 is 1.56 bits per heavy atom. The molecule has 0 aliphatic heterocycles. The zero-order valence-corrected chi connectivity index (χ0v) is 11.0. The molecule has 100 valence electrons. The molecule has 0 fully saturated rings. The van der Waals surface area contributed by atoms with Crippen molar-refractivity contribution in [1.29, 1.82) is 0 Å². The minimum Gasteiger partial charge on any atom is -0.465 e. The molecule has 18 heavy (non-hydrogen) atoms. The van der Waals surface area contributed by atoms with E-state index < -0.39 is 5.97 Å². The van der Waals surface area contributed by atoms with Gasteiger partial charge in [0.25, 0.3) is 0 Å². The number of hydrogen-bond acceptors (Lipinski definition) is 5. The highest BCUT2D eigenvalue weighted by molar-refractivity contribution is 5.90. The lowest BCUT2D eigenvalue weighted by Crippen LogP contribution is -2.37. The van der Waals surface area contributed by atoms with E-state index in [1.54, 1.807) is 18.3 Å². The van der Waals surface area contributed by atoms with Gasteiger partial charge in [-0.2, -0.15) is 0 Å². The molecular formula is C13H20N2O3. The van der Waals surface area contributed by atoms with Crippen LogP contribution >= 0.6 is 0 Å². The number of ether oxygens (including phenoxy) is 1. The van der Waals surface area contributed by atoms with Crippen molar-refractivity contribution in [3.8, 4) is 0 Å². The van der Waals surface area contributed by atoms with E-state index in [2.05, 4.69) is 10.3 Å². The number of esters is 1. The molecule has 0 aliphatic carbocycles. The number of carbonyl (C=O) groups excluding carboxylic acids is 1. The van der Waals surface area contributed by atoms with E-state index in [1.165, 1.54) is 7.11 Å². The van der Waals surface area contributed by atoms with Crippen LogP contribution in [0.1, 0.15) is 29.9 Å². The van der Waals surface area contributed by atoms with Gasteiger partial charge >= 0.3 is 5.97 Å². The van der Waals surface area contributed by atoms with E-state index in [9.17, 15) is 9.90 Å². The number of aliphatic hydroxyl groups excluding tert-OH is 1. The molecule has 1 heterocycles. The Morgan fingerprint density at radius 2 is 2.28 bits per heavy atom. The summed E-state index contributed by atoms with van der Waals surface area (Å²) >= 11 is 0. The normalized spacial score (nSPS) is 12.5. The molecule has 0 saturated heterocycles. The molecule has 1 aromatic heterocycles. The molecule has 0 bridgehead atoms. The van der Waals surface area contributed by atoms with Crippen molar-refractivity contribution in [2.75, 3.05) is 13.7 Å². The summed E-state index contributed by atoms with van der Waals surface area (Å²) in [6.07, 6.45) is 1.63. The minimum absolute atomic E-state index is 0.0162. The first-order chi connectivity index (χ1) is 8.60. The third-order valence-electron chi connectivity index (χ3n) is 2.83. The first kappa shape index (κ1) is 14.6. The van der Waals surface area contributed by atoms with Gasteiger partial charge < -0.3 is 15.2 Å². The topological polar surface area (TPSA) is 71.5 Å². The summed E-state index contributed by atoms with van der Waals surface area (Å²) in [6.45, 7) is 4.52. The summed E-state index contributed by atoms with van der Waals surface area (Å²) in [7, 11) is 1.34. The molecule has 1 atom stereocenters. The fourth-order valence-electron chi connectivity index (χ4n) is 1.61. The van der Waals surface area contributed by atoms with Gasteiger partial charge in [-0.3, -0.25) is 4.98 Å². The quantitative estimate of drug-likeness (QED) is 0.738. The second kappa shape index (κ2) is 7.08. The average Bonchev–Trinajstić information content (AvgIpc) is 2.38. The number of aliphatic hydroxyl groups is 1. The number of methoxy groups -OCH3 is 1. The van der Waals surface area contributed by atoms with Gasteiger partial charge in [-0.1, -0.05) is 13.8 Å². The van der Waals surface area contributed by atoms with Crippen molar-refractivity contribution in [1.82, 2.24) is 10.3 Å². The summed E-state index contributed by atoms with van der Waals surface area (Å²) < 4.78 is 4.70. The van der Waals surface area contributed by atoms with Crippen LogP contribution in [0.3, 0.4) is 0 Å². The number of carbonyl (C=O) groups is 1. The van der Waals surface area contributed by atoms with Crippen LogP contribution in [0.25, 0.3) is 0 Å². The zero-order valence-electron chi connectivity index (χ0n) is 11.0. The molecule has 1 aromatic rings. The van der Waals surface area contributed by atoms with E-state index in [4.69, 9.17) is 4.74 Å². The molecular weight excluding hydrogens is 232 g/mol. The molecule has 0 radical (unpaired) electrons.